The number of imidazole rings is 1. The van der Waals surface area contributed by atoms with Gasteiger partial charge >= 0.3 is 12.0 Å². The summed E-state index contributed by atoms with van der Waals surface area (Å²) in [6.07, 6.45) is 0. The Labute approximate surface area is 166 Å². The van der Waals surface area contributed by atoms with Crippen LogP contribution in [0.25, 0.3) is 0 Å². The maximum Gasteiger partial charge on any atom is 0.401 e. The lowest BCUT2D eigenvalue weighted by Gasteiger charge is -2.33. The molecular formula is C18H18Cl2N5O2+. The summed E-state index contributed by atoms with van der Waals surface area (Å²) in [5, 5.41) is 0.809. The number of aromatic nitrogens is 2. The van der Waals surface area contributed by atoms with Gasteiger partial charge in [0.1, 0.15) is 11.4 Å². The van der Waals surface area contributed by atoms with Crippen LogP contribution < -0.4 is 4.57 Å². The van der Waals surface area contributed by atoms with Crippen LogP contribution in [0.1, 0.15) is 23.0 Å². The molecule has 4 rings (SSSR count). The number of amidine groups is 1. The first-order valence-corrected chi connectivity index (χ1v) is 9.17. The third-order valence-corrected chi connectivity index (χ3v) is 6.05. The van der Waals surface area contributed by atoms with Crippen molar-refractivity contribution in [2.24, 2.45) is 12.0 Å². The highest BCUT2D eigenvalue weighted by Crippen LogP contribution is 2.35. The Morgan fingerprint density at radius 1 is 1.19 bits per heavy atom. The van der Waals surface area contributed by atoms with Crippen molar-refractivity contribution < 1.29 is 14.2 Å². The van der Waals surface area contributed by atoms with E-state index in [0.717, 1.165) is 17.0 Å². The van der Waals surface area contributed by atoms with Gasteiger partial charge in [0.15, 0.2) is 0 Å². The summed E-state index contributed by atoms with van der Waals surface area (Å²) >= 11 is 12.0. The van der Waals surface area contributed by atoms with E-state index in [1.807, 2.05) is 30.0 Å². The molecule has 0 aliphatic carbocycles. The van der Waals surface area contributed by atoms with E-state index in [-0.39, 0.29) is 12.5 Å². The van der Waals surface area contributed by atoms with Crippen molar-refractivity contribution in [2.75, 3.05) is 7.05 Å². The Morgan fingerprint density at radius 3 is 2.56 bits per heavy atom. The third-order valence-electron chi connectivity index (χ3n) is 5.31. The van der Waals surface area contributed by atoms with E-state index in [1.165, 1.54) is 9.80 Å². The fraction of sp³-hybridized carbons (Fsp3) is 0.333. The summed E-state index contributed by atoms with van der Waals surface area (Å²) in [5.41, 5.74) is 2.70. The number of rotatable bonds is 2. The molecule has 27 heavy (non-hydrogen) atoms. The van der Waals surface area contributed by atoms with E-state index < -0.39 is 12.1 Å². The van der Waals surface area contributed by atoms with Gasteiger partial charge in [-0.3, -0.25) is 14.6 Å². The van der Waals surface area contributed by atoms with Crippen molar-refractivity contribution in [3.63, 3.8) is 0 Å². The topological polar surface area (TPSA) is 61.8 Å². The fourth-order valence-corrected chi connectivity index (χ4v) is 3.88. The molecule has 1 aromatic carbocycles. The highest BCUT2D eigenvalue weighted by Gasteiger charge is 2.53. The SMILES string of the molecule is Cc1c(C)[n+](C)c2n1C1C(=O)N(Cc3ccc(Cl)c(Cl)c3)C(=O)N(C)C1=N2. The van der Waals surface area contributed by atoms with E-state index in [4.69, 9.17) is 23.2 Å². The summed E-state index contributed by atoms with van der Waals surface area (Å²) in [7, 11) is 3.53. The number of carbonyl (C=O) groups excluding carboxylic acids is 2. The molecule has 0 radical (unpaired) electrons. The fourth-order valence-electron chi connectivity index (χ4n) is 3.56. The molecule has 2 aromatic rings. The minimum atomic E-state index is -0.648. The smallest absolute Gasteiger partial charge is 0.270 e. The molecule has 1 aromatic heterocycles. The standard InChI is InChI=1S/C18H18Cl2N5O2/c1-9-10(2)25-14-15(21-17(25)22(9)3)23(4)18(27)24(16(14)26)8-11-5-6-12(19)13(20)7-11/h5-7,14H,8H2,1-4H3/q+1. The molecule has 140 valence electrons. The number of nitrogens with zero attached hydrogens (tertiary/aromatic N) is 5. The first kappa shape index (κ1) is 18.0. The Kier molecular flexibility index (Phi) is 4.05. The van der Waals surface area contributed by atoms with Gasteiger partial charge in [0.05, 0.1) is 23.6 Å². The molecule has 0 bridgehead atoms. The minimum Gasteiger partial charge on any atom is -0.270 e. The van der Waals surface area contributed by atoms with Crippen LogP contribution in [-0.2, 0) is 18.4 Å². The highest BCUT2D eigenvalue weighted by molar-refractivity contribution is 6.42. The number of likely N-dealkylation sites (N-methyl/N-ethyl adjacent to an activating group) is 1. The van der Waals surface area contributed by atoms with Gasteiger partial charge in [-0.15, -0.1) is 0 Å². The number of urea groups is 1. The zero-order valence-electron chi connectivity index (χ0n) is 15.3. The molecule has 0 saturated carbocycles. The lowest BCUT2D eigenvalue weighted by Crippen LogP contribution is -2.57. The number of amides is 3. The van der Waals surface area contributed by atoms with E-state index in [0.29, 0.717) is 21.8 Å². The van der Waals surface area contributed by atoms with Gasteiger partial charge in [0.2, 0.25) is 11.9 Å². The number of benzene rings is 1. The number of hydrogen-bond acceptors (Lipinski definition) is 3. The van der Waals surface area contributed by atoms with E-state index in [2.05, 4.69) is 4.99 Å². The Morgan fingerprint density at radius 2 is 1.89 bits per heavy atom. The summed E-state index contributed by atoms with van der Waals surface area (Å²) in [6, 6.07) is 4.01. The van der Waals surface area contributed by atoms with E-state index in [1.54, 1.807) is 25.2 Å². The zero-order chi connectivity index (χ0) is 19.6. The van der Waals surface area contributed by atoms with E-state index in [9.17, 15) is 9.59 Å². The first-order valence-electron chi connectivity index (χ1n) is 8.41. The first-order chi connectivity index (χ1) is 12.7. The molecule has 1 fully saturated rings. The molecule has 9 heteroatoms. The number of imide groups is 1. The van der Waals surface area contributed by atoms with Crippen LogP contribution in [0.3, 0.4) is 0 Å². The molecule has 3 heterocycles. The number of fused-ring (bicyclic) bond motifs is 3. The summed E-state index contributed by atoms with van der Waals surface area (Å²) in [5.74, 6) is 0.804. The van der Waals surface area contributed by atoms with Crippen molar-refractivity contribution in [3.05, 3.63) is 45.2 Å². The van der Waals surface area contributed by atoms with Crippen molar-refractivity contribution in [1.29, 1.82) is 0 Å². The minimum absolute atomic E-state index is 0.115. The van der Waals surface area contributed by atoms with Crippen molar-refractivity contribution >= 4 is 46.9 Å². The van der Waals surface area contributed by atoms with Crippen LogP contribution in [-0.4, -0.2) is 39.2 Å². The second kappa shape index (κ2) is 6.07. The van der Waals surface area contributed by atoms with Crippen molar-refractivity contribution in [2.45, 2.75) is 26.4 Å². The quantitative estimate of drug-likeness (QED) is 0.719. The number of halogens is 2. The maximum atomic E-state index is 13.3. The Hall–Kier alpha value is -2.38. The van der Waals surface area contributed by atoms with Crippen LogP contribution in [0.5, 0.6) is 0 Å². The normalized spacial score (nSPS) is 18.7. The summed E-state index contributed by atoms with van der Waals surface area (Å²) in [6.45, 7) is 4.04. The average Bonchev–Trinajstić information content (AvgIpc) is 3.13. The monoisotopic (exact) mass is 406 g/mol. The predicted octanol–water partition coefficient (Wildman–Crippen LogP) is 2.92. The van der Waals surface area contributed by atoms with Crippen LogP contribution in [0.2, 0.25) is 10.0 Å². The number of hydrogen-bond donors (Lipinski definition) is 0. The van der Waals surface area contributed by atoms with Gasteiger partial charge in [0.25, 0.3) is 5.91 Å². The van der Waals surface area contributed by atoms with Crippen LogP contribution in [0.4, 0.5) is 10.7 Å². The summed E-state index contributed by atoms with van der Waals surface area (Å²) < 4.78 is 3.81. The van der Waals surface area contributed by atoms with Gasteiger partial charge in [-0.1, -0.05) is 34.3 Å². The van der Waals surface area contributed by atoms with Gasteiger partial charge in [-0.2, -0.15) is 0 Å². The summed E-state index contributed by atoms with van der Waals surface area (Å²) in [4.78, 5) is 33.3. The number of carbonyl (C=O) groups is 2. The molecule has 1 saturated heterocycles. The Bertz CT molecular complexity index is 1040. The Balaban J connectivity index is 1.75. The molecule has 0 N–H and O–H groups in total. The number of aliphatic imine (C=N–C) groups is 1. The van der Waals surface area contributed by atoms with Crippen molar-refractivity contribution in [3.8, 4) is 0 Å². The van der Waals surface area contributed by atoms with Crippen LogP contribution >= 0.6 is 23.2 Å². The maximum absolute atomic E-state index is 13.3. The lowest BCUT2D eigenvalue weighted by molar-refractivity contribution is -0.663. The van der Waals surface area contributed by atoms with Gasteiger partial charge in [-0.05, 0) is 31.5 Å². The molecule has 2 aliphatic heterocycles. The molecule has 0 spiro atoms. The molecule has 1 unspecified atom stereocenters. The molecule has 1 atom stereocenters. The molecule has 3 amide bonds. The van der Waals surface area contributed by atoms with Gasteiger partial charge in [-0.25, -0.2) is 13.9 Å². The predicted molar refractivity (Wildman–Crippen MR) is 101 cm³/mol. The van der Waals surface area contributed by atoms with Crippen LogP contribution in [0.15, 0.2) is 23.2 Å². The van der Waals surface area contributed by atoms with Gasteiger partial charge < -0.3 is 0 Å². The van der Waals surface area contributed by atoms with Crippen molar-refractivity contribution in [1.82, 2.24) is 14.4 Å². The largest absolute Gasteiger partial charge is 0.401 e. The average molecular weight is 407 g/mol. The van der Waals surface area contributed by atoms with Crippen LogP contribution in [0, 0.1) is 13.8 Å². The zero-order valence-corrected chi connectivity index (χ0v) is 16.8. The molecule has 7 nitrogen and oxygen atoms in total. The lowest BCUT2D eigenvalue weighted by atomic mass is 10.1. The second-order valence-electron chi connectivity index (χ2n) is 6.79. The van der Waals surface area contributed by atoms with Gasteiger partial charge in [0, 0.05) is 7.05 Å². The second-order valence-corrected chi connectivity index (χ2v) is 7.60. The third kappa shape index (κ3) is 2.49. The van der Waals surface area contributed by atoms with E-state index >= 15 is 0 Å². The molecule has 2 aliphatic rings. The highest BCUT2D eigenvalue weighted by atomic mass is 35.5. The molecular weight excluding hydrogens is 389 g/mol.